The van der Waals surface area contributed by atoms with E-state index < -0.39 is 5.25 Å². The van der Waals surface area contributed by atoms with Crippen molar-refractivity contribution < 1.29 is 9.59 Å². The van der Waals surface area contributed by atoms with Gasteiger partial charge in [-0.05, 0) is 60.6 Å². The zero-order chi connectivity index (χ0) is 25.3. The van der Waals surface area contributed by atoms with E-state index >= 15 is 0 Å². The minimum absolute atomic E-state index is 0.0296. The lowest BCUT2D eigenvalue weighted by Crippen LogP contribution is -2.62. The van der Waals surface area contributed by atoms with E-state index in [4.69, 9.17) is 0 Å². The molecule has 2 aliphatic rings. The molecule has 2 N–H and O–H groups in total. The van der Waals surface area contributed by atoms with Crippen LogP contribution in [0.2, 0.25) is 0 Å². The van der Waals surface area contributed by atoms with Crippen LogP contribution in [0.3, 0.4) is 0 Å². The number of anilines is 2. The Morgan fingerprint density at radius 1 is 1.00 bits per heavy atom. The first-order valence-corrected chi connectivity index (χ1v) is 13.6. The molecular formula is C30H33N3O2S. The number of fused-ring (bicyclic) bond motifs is 3. The van der Waals surface area contributed by atoms with Gasteiger partial charge in [0.05, 0.1) is 11.2 Å². The van der Waals surface area contributed by atoms with E-state index in [1.807, 2.05) is 73.7 Å². The highest BCUT2D eigenvalue weighted by Gasteiger charge is 2.51. The molecule has 0 bridgehead atoms. The van der Waals surface area contributed by atoms with Gasteiger partial charge in [-0.2, -0.15) is 0 Å². The fourth-order valence-corrected chi connectivity index (χ4v) is 6.66. The molecule has 2 amide bonds. The molecule has 36 heavy (non-hydrogen) atoms. The molecule has 3 aromatic carbocycles. The maximum atomic E-state index is 13.8. The Labute approximate surface area is 217 Å². The summed E-state index contributed by atoms with van der Waals surface area (Å²) in [6.45, 7) is 6.30. The van der Waals surface area contributed by atoms with Crippen LogP contribution in [-0.2, 0) is 16.0 Å². The molecule has 3 aromatic rings. The van der Waals surface area contributed by atoms with Gasteiger partial charge in [0.25, 0.3) is 0 Å². The average molecular weight is 500 g/mol. The van der Waals surface area contributed by atoms with Gasteiger partial charge in [0.2, 0.25) is 11.8 Å². The molecule has 186 valence electrons. The summed E-state index contributed by atoms with van der Waals surface area (Å²) in [6, 6.07) is 27.8. The second-order valence-corrected chi connectivity index (χ2v) is 11.5. The number of nitrogens with one attached hydrogen (secondary N) is 2. The number of para-hydroxylation sites is 2. The molecule has 0 saturated carbocycles. The predicted octanol–water partition coefficient (Wildman–Crippen LogP) is 5.81. The van der Waals surface area contributed by atoms with Crippen molar-refractivity contribution in [3.05, 3.63) is 96.1 Å². The van der Waals surface area contributed by atoms with E-state index in [1.165, 1.54) is 22.9 Å². The molecule has 5 atom stereocenters. The van der Waals surface area contributed by atoms with Gasteiger partial charge in [-0.1, -0.05) is 74.5 Å². The molecule has 0 aromatic heterocycles. The smallest absolute Gasteiger partial charge is 0.244 e. The maximum Gasteiger partial charge on any atom is 0.244 e. The lowest BCUT2D eigenvalue weighted by Gasteiger charge is -2.50. The van der Waals surface area contributed by atoms with E-state index in [-0.39, 0.29) is 34.7 Å². The second-order valence-electron chi connectivity index (χ2n) is 10.0. The van der Waals surface area contributed by atoms with Crippen LogP contribution in [-0.4, -0.2) is 22.6 Å². The number of nitrogens with zero attached hydrogens (tertiary/aromatic N) is 1. The van der Waals surface area contributed by atoms with Crippen molar-refractivity contribution >= 4 is 35.0 Å². The quantitative estimate of drug-likeness (QED) is 0.450. The third kappa shape index (κ3) is 4.56. The van der Waals surface area contributed by atoms with Crippen molar-refractivity contribution in [2.75, 3.05) is 4.90 Å². The largest absolute Gasteiger partial charge is 0.331 e. The molecule has 5 rings (SSSR count). The third-order valence-corrected chi connectivity index (χ3v) is 8.84. The molecule has 1 heterocycles. The minimum atomic E-state index is -0.392. The number of thioether (sulfide) groups is 1. The summed E-state index contributed by atoms with van der Waals surface area (Å²) < 4.78 is 0. The van der Waals surface area contributed by atoms with Crippen LogP contribution in [0.5, 0.6) is 0 Å². The Hall–Kier alpha value is -3.09. The molecule has 1 saturated heterocycles. The minimum Gasteiger partial charge on any atom is -0.331 e. The molecule has 1 fully saturated rings. The number of carbonyl (C=O) groups is 2. The zero-order valence-electron chi connectivity index (χ0n) is 21.0. The van der Waals surface area contributed by atoms with Crippen LogP contribution in [0.4, 0.5) is 11.4 Å². The summed E-state index contributed by atoms with van der Waals surface area (Å²) >= 11 is 1.45. The number of amides is 2. The van der Waals surface area contributed by atoms with Crippen LogP contribution in [0.1, 0.15) is 44.4 Å². The van der Waals surface area contributed by atoms with Gasteiger partial charge in [-0.15, -0.1) is 11.8 Å². The third-order valence-electron chi connectivity index (χ3n) is 7.70. The first-order valence-electron chi connectivity index (χ1n) is 12.6. The van der Waals surface area contributed by atoms with E-state index in [9.17, 15) is 9.59 Å². The zero-order valence-corrected chi connectivity index (χ0v) is 21.8. The Kier molecular flexibility index (Phi) is 6.91. The van der Waals surface area contributed by atoms with Crippen molar-refractivity contribution in [1.82, 2.24) is 10.6 Å². The van der Waals surface area contributed by atoms with Gasteiger partial charge in [-0.3, -0.25) is 19.8 Å². The summed E-state index contributed by atoms with van der Waals surface area (Å²) in [6.07, 6.45) is 1.82. The van der Waals surface area contributed by atoms with E-state index in [2.05, 4.69) is 42.7 Å². The van der Waals surface area contributed by atoms with Gasteiger partial charge >= 0.3 is 0 Å². The lowest BCUT2D eigenvalue weighted by molar-refractivity contribution is -0.134. The van der Waals surface area contributed by atoms with Gasteiger partial charge in [-0.25, -0.2) is 0 Å². The number of hydrogen-bond donors (Lipinski definition) is 2. The molecule has 6 heteroatoms. The van der Waals surface area contributed by atoms with Crippen LogP contribution in [0, 0.1) is 11.3 Å². The standard InChI is InChI=1S/C30H33N3O2S/c1-4-30(3)19-21-13-11-12-18-24(21)26-25(30)27(34)32-29(31-26)36-20(2)28(35)33(22-14-7-5-8-15-22)23-16-9-6-10-17-23/h5-18,20,25-26,29,31H,4,19H2,1-3H3,(H,32,34). The first-order chi connectivity index (χ1) is 17.4. The van der Waals surface area contributed by atoms with Crippen molar-refractivity contribution in [3.8, 4) is 0 Å². The SMILES string of the molecule is CCC1(C)Cc2ccccc2C2NC(SC(C)C(=O)N(c3ccccc3)c3ccccc3)NC(=O)C21. The molecule has 0 radical (unpaired) electrons. The van der Waals surface area contributed by atoms with Crippen LogP contribution in [0.25, 0.3) is 0 Å². The highest BCUT2D eigenvalue weighted by Crippen LogP contribution is 2.49. The number of hydrogen-bond acceptors (Lipinski definition) is 4. The number of carbonyl (C=O) groups excluding carboxylic acids is 2. The van der Waals surface area contributed by atoms with Crippen molar-refractivity contribution in [3.63, 3.8) is 0 Å². The maximum absolute atomic E-state index is 13.8. The van der Waals surface area contributed by atoms with Gasteiger partial charge in [0.15, 0.2) is 0 Å². The van der Waals surface area contributed by atoms with Crippen molar-refractivity contribution in [1.29, 1.82) is 0 Å². The summed E-state index contributed by atoms with van der Waals surface area (Å²) in [5.74, 6) is -0.110. The number of benzene rings is 3. The molecule has 1 aliphatic carbocycles. The van der Waals surface area contributed by atoms with Crippen LogP contribution >= 0.6 is 11.8 Å². The normalized spacial score (nSPS) is 25.8. The molecule has 5 nitrogen and oxygen atoms in total. The van der Waals surface area contributed by atoms with E-state index in [0.29, 0.717) is 0 Å². The number of rotatable bonds is 6. The summed E-state index contributed by atoms with van der Waals surface area (Å²) in [5.41, 5.74) is 3.66. The molecule has 5 unspecified atom stereocenters. The monoisotopic (exact) mass is 499 g/mol. The second kappa shape index (κ2) is 10.1. The van der Waals surface area contributed by atoms with E-state index in [0.717, 1.165) is 24.2 Å². The Morgan fingerprint density at radius 2 is 1.58 bits per heavy atom. The van der Waals surface area contributed by atoms with Gasteiger partial charge in [0, 0.05) is 17.4 Å². The Bertz CT molecular complexity index is 1200. The predicted molar refractivity (Wildman–Crippen MR) is 147 cm³/mol. The fraction of sp³-hybridized carbons (Fsp3) is 0.333. The lowest BCUT2D eigenvalue weighted by atomic mass is 9.61. The fourth-order valence-electron chi connectivity index (χ4n) is 5.62. The molecular weight excluding hydrogens is 466 g/mol. The van der Waals surface area contributed by atoms with E-state index in [1.54, 1.807) is 4.90 Å². The average Bonchev–Trinajstić information content (AvgIpc) is 2.90. The Balaban J connectivity index is 1.39. The molecule has 1 aliphatic heterocycles. The summed E-state index contributed by atoms with van der Waals surface area (Å²) in [7, 11) is 0. The highest BCUT2D eigenvalue weighted by atomic mass is 32.2. The van der Waals surface area contributed by atoms with Gasteiger partial charge in [0.1, 0.15) is 5.50 Å². The first kappa shape index (κ1) is 24.6. The van der Waals surface area contributed by atoms with Crippen molar-refractivity contribution in [2.24, 2.45) is 11.3 Å². The Morgan fingerprint density at radius 3 is 2.19 bits per heavy atom. The summed E-state index contributed by atoms with van der Waals surface area (Å²) in [4.78, 5) is 29.0. The van der Waals surface area contributed by atoms with Crippen LogP contribution < -0.4 is 15.5 Å². The van der Waals surface area contributed by atoms with Gasteiger partial charge < -0.3 is 5.32 Å². The molecule has 0 spiro atoms. The topological polar surface area (TPSA) is 61.4 Å². The van der Waals surface area contributed by atoms with Crippen LogP contribution in [0.15, 0.2) is 84.9 Å². The highest BCUT2D eigenvalue weighted by molar-refractivity contribution is 8.01. The summed E-state index contributed by atoms with van der Waals surface area (Å²) in [5, 5.41) is 6.49. The van der Waals surface area contributed by atoms with Crippen molar-refractivity contribution in [2.45, 2.75) is 50.4 Å².